The van der Waals surface area contributed by atoms with Crippen molar-refractivity contribution >= 4 is 22.9 Å². The predicted molar refractivity (Wildman–Crippen MR) is 129 cm³/mol. The number of aromatic nitrogens is 4. The molecule has 3 heterocycles. The second kappa shape index (κ2) is 10.7. The molecule has 176 valence electrons. The Labute approximate surface area is 195 Å². The van der Waals surface area contributed by atoms with E-state index in [0.717, 1.165) is 54.1 Å². The molecule has 8 heteroatoms. The summed E-state index contributed by atoms with van der Waals surface area (Å²) in [5.74, 6) is 1.80. The summed E-state index contributed by atoms with van der Waals surface area (Å²) in [6, 6.07) is 8.22. The summed E-state index contributed by atoms with van der Waals surface area (Å²) in [6.45, 7) is 9.62. The lowest BCUT2D eigenvalue weighted by molar-refractivity contribution is -0.118. The average molecular weight is 452 g/mol. The first-order valence-electron chi connectivity index (χ1n) is 11.9. The van der Waals surface area contributed by atoms with Gasteiger partial charge in [-0.3, -0.25) is 4.79 Å². The molecule has 1 aliphatic heterocycles. The van der Waals surface area contributed by atoms with Crippen LogP contribution in [0.15, 0.2) is 30.6 Å². The van der Waals surface area contributed by atoms with E-state index in [2.05, 4.69) is 28.3 Å². The average Bonchev–Trinajstić information content (AvgIpc) is 3.28. The number of nitrogens with zero attached hydrogens (tertiary/aromatic N) is 5. The molecule has 3 aromatic rings. The van der Waals surface area contributed by atoms with Gasteiger partial charge in [-0.15, -0.1) is 0 Å². The molecule has 0 radical (unpaired) electrons. The maximum absolute atomic E-state index is 11.5. The number of anilines is 1. The van der Waals surface area contributed by atoms with E-state index in [0.29, 0.717) is 44.4 Å². The van der Waals surface area contributed by atoms with E-state index < -0.39 is 0 Å². The van der Waals surface area contributed by atoms with E-state index in [9.17, 15) is 4.79 Å². The lowest BCUT2D eigenvalue weighted by atomic mass is 10.1. The smallest absolute Gasteiger partial charge is 0.228 e. The Kier molecular flexibility index (Phi) is 7.54. The summed E-state index contributed by atoms with van der Waals surface area (Å²) in [4.78, 5) is 28.1. The molecule has 2 aromatic heterocycles. The quantitative estimate of drug-likeness (QED) is 0.422. The first-order valence-corrected chi connectivity index (χ1v) is 11.9. The number of rotatable bonds is 10. The molecule has 0 atom stereocenters. The topological polar surface area (TPSA) is 82.4 Å². The summed E-state index contributed by atoms with van der Waals surface area (Å²) in [6.07, 6.45) is 4.79. The lowest BCUT2D eigenvalue weighted by Crippen LogP contribution is -2.37. The Morgan fingerprint density at radius 3 is 2.76 bits per heavy atom. The third kappa shape index (κ3) is 5.50. The van der Waals surface area contributed by atoms with Gasteiger partial charge in [-0.1, -0.05) is 19.1 Å². The van der Waals surface area contributed by atoms with Crippen molar-refractivity contribution in [3.8, 4) is 17.0 Å². The highest BCUT2D eigenvalue weighted by Crippen LogP contribution is 2.31. The Hall–Kier alpha value is -3.00. The number of unbranched alkanes of at least 4 members (excludes halogenated alkanes) is 1. The van der Waals surface area contributed by atoms with Crippen molar-refractivity contribution in [1.29, 1.82) is 0 Å². The van der Waals surface area contributed by atoms with Gasteiger partial charge < -0.3 is 18.9 Å². The molecule has 33 heavy (non-hydrogen) atoms. The molecule has 0 amide bonds. The van der Waals surface area contributed by atoms with Gasteiger partial charge in [0.15, 0.2) is 5.65 Å². The SMILES string of the molecule is CCC(=O)CCCCOc1cccc(-c2nc(N3CCOCC3)nc3c2ncn3C(C)C)c1. The van der Waals surface area contributed by atoms with Crippen LogP contribution in [0.2, 0.25) is 0 Å². The van der Waals surface area contributed by atoms with Gasteiger partial charge in [0, 0.05) is 37.5 Å². The van der Waals surface area contributed by atoms with Gasteiger partial charge in [-0.2, -0.15) is 4.98 Å². The van der Waals surface area contributed by atoms with Crippen molar-refractivity contribution < 1.29 is 14.3 Å². The van der Waals surface area contributed by atoms with Crippen LogP contribution in [0.1, 0.15) is 52.5 Å². The number of hydrogen-bond acceptors (Lipinski definition) is 7. The highest BCUT2D eigenvalue weighted by molar-refractivity contribution is 5.88. The van der Waals surface area contributed by atoms with Gasteiger partial charge in [-0.25, -0.2) is 9.97 Å². The number of ketones is 1. The largest absolute Gasteiger partial charge is 0.494 e. The summed E-state index contributed by atoms with van der Waals surface area (Å²) in [5.41, 5.74) is 3.38. The number of fused-ring (bicyclic) bond motifs is 1. The predicted octanol–water partition coefficient (Wildman–Crippen LogP) is 4.44. The zero-order chi connectivity index (χ0) is 23.2. The molecule has 1 aliphatic rings. The van der Waals surface area contributed by atoms with Gasteiger partial charge in [0.2, 0.25) is 5.95 Å². The normalized spacial score (nSPS) is 14.2. The summed E-state index contributed by atoms with van der Waals surface area (Å²) in [7, 11) is 0. The number of carbonyl (C=O) groups is 1. The minimum Gasteiger partial charge on any atom is -0.494 e. The van der Waals surface area contributed by atoms with Crippen molar-refractivity contribution in [2.75, 3.05) is 37.8 Å². The maximum Gasteiger partial charge on any atom is 0.228 e. The van der Waals surface area contributed by atoms with Crippen LogP contribution in [0.5, 0.6) is 5.75 Å². The molecule has 0 saturated carbocycles. The van der Waals surface area contributed by atoms with Crippen molar-refractivity contribution in [2.45, 2.75) is 52.5 Å². The number of ether oxygens (including phenoxy) is 2. The van der Waals surface area contributed by atoms with Crippen molar-refractivity contribution in [1.82, 2.24) is 19.5 Å². The fourth-order valence-electron chi connectivity index (χ4n) is 3.91. The van der Waals surface area contributed by atoms with E-state index in [1.54, 1.807) is 0 Å². The van der Waals surface area contributed by atoms with Crippen LogP contribution >= 0.6 is 0 Å². The number of carbonyl (C=O) groups excluding carboxylic acids is 1. The van der Waals surface area contributed by atoms with Gasteiger partial charge in [-0.05, 0) is 38.8 Å². The van der Waals surface area contributed by atoms with Gasteiger partial charge in [0.25, 0.3) is 0 Å². The Balaban J connectivity index is 1.60. The number of imidazole rings is 1. The fraction of sp³-hybridized carbons (Fsp3) is 0.520. The van der Waals surface area contributed by atoms with E-state index in [4.69, 9.17) is 19.4 Å². The molecule has 0 N–H and O–H groups in total. The third-order valence-corrected chi connectivity index (χ3v) is 5.88. The minimum absolute atomic E-state index is 0.240. The van der Waals surface area contributed by atoms with E-state index in [1.165, 1.54) is 0 Å². The van der Waals surface area contributed by atoms with Gasteiger partial charge >= 0.3 is 0 Å². The monoisotopic (exact) mass is 451 g/mol. The second-order valence-corrected chi connectivity index (χ2v) is 8.62. The molecule has 0 unspecified atom stereocenters. The van der Waals surface area contributed by atoms with Crippen LogP contribution in [0.25, 0.3) is 22.4 Å². The number of morpholine rings is 1. The molecular weight excluding hydrogens is 418 g/mol. The second-order valence-electron chi connectivity index (χ2n) is 8.62. The molecule has 0 bridgehead atoms. The Bertz CT molecular complexity index is 1090. The summed E-state index contributed by atoms with van der Waals surface area (Å²) >= 11 is 0. The standard InChI is InChI=1S/C25H33N5O3/c1-4-20(31)9-5-6-13-33-21-10-7-8-19(16-21)22-23-24(30(17-26-23)18(2)3)28-25(27-22)29-11-14-32-15-12-29/h7-8,10,16-18H,4-6,9,11-15H2,1-3H3. The maximum atomic E-state index is 11.5. The molecule has 1 saturated heterocycles. The zero-order valence-electron chi connectivity index (χ0n) is 19.8. The molecular formula is C25H33N5O3. The molecule has 1 aromatic carbocycles. The van der Waals surface area contributed by atoms with Crippen LogP contribution in [0.4, 0.5) is 5.95 Å². The van der Waals surface area contributed by atoms with Crippen LogP contribution < -0.4 is 9.64 Å². The van der Waals surface area contributed by atoms with Crippen LogP contribution in [0.3, 0.4) is 0 Å². The highest BCUT2D eigenvalue weighted by atomic mass is 16.5. The van der Waals surface area contributed by atoms with E-state index in [1.807, 2.05) is 37.5 Å². The molecule has 8 nitrogen and oxygen atoms in total. The molecule has 0 spiro atoms. The molecule has 0 aliphatic carbocycles. The Morgan fingerprint density at radius 1 is 1.18 bits per heavy atom. The lowest BCUT2D eigenvalue weighted by Gasteiger charge is -2.27. The summed E-state index contributed by atoms with van der Waals surface area (Å²) in [5, 5.41) is 0. The molecule has 1 fully saturated rings. The molecule has 4 rings (SSSR count). The first kappa shape index (κ1) is 23.2. The van der Waals surface area contributed by atoms with E-state index in [-0.39, 0.29) is 6.04 Å². The zero-order valence-corrected chi connectivity index (χ0v) is 19.8. The summed E-state index contributed by atoms with van der Waals surface area (Å²) < 4.78 is 13.6. The Morgan fingerprint density at radius 2 is 2.00 bits per heavy atom. The van der Waals surface area contributed by atoms with Crippen LogP contribution in [-0.2, 0) is 9.53 Å². The van der Waals surface area contributed by atoms with Crippen LogP contribution in [-0.4, -0.2) is 58.2 Å². The van der Waals surface area contributed by atoms with Crippen molar-refractivity contribution in [3.63, 3.8) is 0 Å². The first-order chi connectivity index (χ1) is 16.1. The van der Waals surface area contributed by atoms with Crippen LogP contribution in [0, 0.1) is 0 Å². The third-order valence-electron chi connectivity index (χ3n) is 5.88. The van der Waals surface area contributed by atoms with Gasteiger partial charge in [0.1, 0.15) is 22.7 Å². The fourth-order valence-corrected chi connectivity index (χ4v) is 3.91. The number of Topliss-reactive ketones (excluding diaryl/α,β-unsaturated/α-hetero) is 1. The van der Waals surface area contributed by atoms with E-state index >= 15 is 0 Å². The van der Waals surface area contributed by atoms with Gasteiger partial charge in [0.05, 0.1) is 26.1 Å². The minimum atomic E-state index is 0.240. The highest BCUT2D eigenvalue weighted by Gasteiger charge is 2.21. The number of benzene rings is 1. The van der Waals surface area contributed by atoms with Crippen molar-refractivity contribution in [2.24, 2.45) is 0 Å². The van der Waals surface area contributed by atoms with Crippen molar-refractivity contribution in [3.05, 3.63) is 30.6 Å². The number of hydrogen-bond donors (Lipinski definition) is 0.